The number of unbranched alkanes of at least 4 members (excludes halogenated alkanes) is 1. The van der Waals surface area contributed by atoms with E-state index in [2.05, 4.69) is 33.4 Å². The smallest absolute Gasteiger partial charge is 0.330 e. The highest BCUT2D eigenvalue weighted by atomic mass is 16.5. The predicted molar refractivity (Wildman–Crippen MR) is 91.5 cm³/mol. The summed E-state index contributed by atoms with van der Waals surface area (Å²) in [5, 5.41) is 0. The minimum Gasteiger partial charge on any atom is -0.493 e. The lowest BCUT2D eigenvalue weighted by Gasteiger charge is -2.13. The van der Waals surface area contributed by atoms with Crippen LogP contribution in [-0.2, 0) is 14.3 Å². The lowest BCUT2D eigenvalue weighted by molar-refractivity contribution is -0.139. The van der Waals surface area contributed by atoms with Crippen molar-refractivity contribution in [1.82, 2.24) is 0 Å². The largest absolute Gasteiger partial charge is 0.493 e. The highest BCUT2D eigenvalue weighted by Gasteiger charge is 2.07. The molecule has 0 aliphatic heterocycles. The predicted octanol–water partition coefficient (Wildman–Crippen LogP) is 5.03. The molecule has 22 heavy (non-hydrogen) atoms. The van der Waals surface area contributed by atoms with E-state index in [1.165, 1.54) is 25.2 Å². The molecule has 0 saturated heterocycles. The average molecular weight is 308 g/mol. The van der Waals surface area contributed by atoms with E-state index in [0.717, 1.165) is 19.3 Å². The second-order valence-corrected chi connectivity index (χ2v) is 5.70. The Labute approximate surface area is 136 Å². The second kappa shape index (κ2) is 14.5. The van der Waals surface area contributed by atoms with Gasteiger partial charge in [0, 0.05) is 6.08 Å². The number of allylic oxidation sites excluding steroid dienone is 2. The Balaban J connectivity index is 3.92. The molecule has 3 heteroatoms. The van der Waals surface area contributed by atoms with Crippen molar-refractivity contribution in [2.24, 2.45) is 11.8 Å². The van der Waals surface area contributed by atoms with Crippen molar-refractivity contribution in [3.8, 4) is 0 Å². The number of ether oxygens (including phenoxy) is 2. The highest BCUT2D eigenvalue weighted by molar-refractivity contribution is 5.82. The number of carbonyl (C=O) groups is 1. The van der Waals surface area contributed by atoms with Gasteiger partial charge in [-0.15, -0.1) is 0 Å². The van der Waals surface area contributed by atoms with Gasteiger partial charge in [-0.25, -0.2) is 4.79 Å². The SMILES string of the molecule is CCCCC(CC)COC(=O)C=CC=C=COCC(C)CC. The molecule has 0 amide bonds. The van der Waals surface area contributed by atoms with Crippen LogP contribution in [-0.4, -0.2) is 19.2 Å². The molecule has 3 nitrogen and oxygen atoms in total. The lowest BCUT2D eigenvalue weighted by Crippen LogP contribution is -2.12. The fourth-order valence-electron chi connectivity index (χ4n) is 1.75. The van der Waals surface area contributed by atoms with Crippen LogP contribution in [0.25, 0.3) is 0 Å². The molecule has 0 radical (unpaired) electrons. The quantitative estimate of drug-likeness (QED) is 0.167. The van der Waals surface area contributed by atoms with Crippen molar-refractivity contribution in [2.75, 3.05) is 13.2 Å². The molecule has 0 bridgehead atoms. The summed E-state index contributed by atoms with van der Waals surface area (Å²) in [6.45, 7) is 9.78. The lowest BCUT2D eigenvalue weighted by atomic mass is 10.0. The van der Waals surface area contributed by atoms with Crippen LogP contribution in [0.3, 0.4) is 0 Å². The first-order chi connectivity index (χ1) is 10.6. The van der Waals surface area contributed by atoms with E-state index in [4.69, 9.17) is 9.47 Å². The minimum atomic E-state index is -0.298. The first-order valence-electron chi connectivity index (χ1n) is 8.49. The molecular formula is C19H32O3. The van der Waals surface area contributed by atoms with Crippen molar-refractivity contribution < 1.29 is 14.3 Å². The molecule has 2 atom stereocenters. The fourth-order valence-corrected chi connectivity index (χ4v) is 1.75. The highest BCUT2D eigenvalue weighted by Crippen LogP contribution is 2.12. The second-order valence-electron chi connectivity index (χ2n) is 5.70. The van der Waals surface area contributed by atoms with E-state index < -0.39 is 0 Å². The van der Waals surface area contributed by atoms with Crippen LogP contribution in [0, 0.1) is 11.8 Å². The van der Waals surface area contributed by atoms with Gasteiger partial charge in [-0.2, -0.15) is 0 Å². The summed E-state index contributed by atoms with van der Waals surface area (Å²) in [6, 6.07) is 0. The first-order valence-corrected chi connectivity index (χ1v) is 8.49. The number of esters is 1. The van der Waals surface area contributed by atoms with Crippen LogP contribution in [0.5, 0.6) is 0 Å². The van der Waals surface area contributed by atoms with Gasteiger partial charge in [0.1, 0.15) is 6.26 Å². The van der Waals surface area contributed by atoms with Gasteiger partial charge in [0.2, 0.25) is 0 Å². The van der Waals surface area contributed by atoms with E-state index in [1.54, 1.807) is 12.2 Å². The molecule has 0 aliphatic carbocycles. The normalized spacial score (nSPS) is 13.3. The van der Waals surface area contributed by atoms with Crippen LogP contribution >= 0.6 is 0 Å². The topological polar surface area (TPSA) is 35.5 Å². The average Bonchev–Trinajstić information content (AvgIpc) is 2.53. The molecule has 0 N–H and O–H groups in total. The summed E-state index contributed by atoms with van der Waals surface area (Å²) < 4.78 is 10.6. The van der Waals surface area contributed by atoms with E-state index in [0.29, 0.717) is 25.0 Å². The molecule has 0 fully saturated rings. The van der Waals surface area contributed by atoms with Gasteiger partial charge in [-0.05, 0) is 30.4 Å². The number of hydrogen-bond acceptors (Lipinski definition) is 3. The summed E-state index contributed by atoms with van der Waals surface area (Å²) in [5.41, 5.74) is 2.86. The zero-order valence-electron chi connectivity index (χ0n) is 14.6. The van der Waals surface area contributed by atoms with Crippen LogP contribution in [0.1, 0.15) is 59.8 Å². The Morgan fingerprint density at radius 2 is 1.95 bits per heavy atom. The van der Waals surface area contributed by atoms with Crippen molar-refractivity contribution in [2.45, 2.75) is 59.8 Å². The van der Waals surface area contributed by atoms with Crippen LogP contribution in [0.15, 0.2) is 30.2 Å². The monoisotopic (exact) mass is 308 g/mol. The molecule has 2 unspecified atom stereocenters. The Morgan fingerprint density at radius 3 is 2.59 bits per heavy atom. The molecule has 0 saturated carbocycles. The maximum Gasteiger partial charge on any atom is 0.330 e. The Hall–Kier alpha value is -1.47. The van der Waals surface area contributed by atoms with Crippen molar-refractivity contribution in [1.29, 1.82) is 0 Å². The van der Waals surface area contributed by atoms with Crippen molar-refractivity contribution >= 4 is 5.97 Å². The third-order valence-corrected chi connectivity index (χ3v) is 3.66. The van der Waals surface area contributed by atoms with Gasteiger partial charge in [0.05, 0.1) is 13.2 Å². The molecule has 126 valence electrons. The van der Waals surface area contributed by atoms with Crippen molar-refractivity contribution in [3.63, 3.8) is 0 Å². The summed E-state index contributed by atoms with van der Waals surface area (Å²) in [6.07, 6.45) is 11.9. The van der Waals surface area contributed by atoms with Gasteiger partial charge in [0.25, 0.3) is 0 Å². The molecule has 0 rings (SSSR count). The molecule has 0 heterocycles. The van der Waals surface area contributed by atoms with E-state index in [1.807, 2.05) is 0 Å². The summed E-state index contributed by atoms with van der Waals surface area (Å²) >= 11 is 0. The molecule has 0 aliphatic rings. The number of carbonyl (C=O) groups excluding carboxylic acids is 1. The van der Waals surface area contributed by atoms with Gasteiger partial charge in [-0.3, -0.25) is 0 Å². The Bertz CT molecular complexity index is 365. The summed E-state index contributed by atoms with van der Waals surface area (Å²) in [4.78, 5) is 11.6. The zero-order chi connectivity index (χ0) is 16.6. The van der Waals surface area contributed by atoms with Gasteiger partial charge in [0.15, 0.2) is 0 Å². The Kier molecular flexibility index (Phi) is 13.5. The van der Waals surface area contributed by atoms with E-state index in [9.17, 15) is 4.79 Å². The van der Waals surface area contributed by atoms with Crippen LogP contribution < -0.4 is 0 Å². The molecular weight excluding hydrogens is 276 g/mol. The molecule has 0 aromatic carbocycles. The maximum absolute atomic E-state index is 11.6. The molecule has 0 aromatic rings. The van der Waals surface area contributed by atoms with E-state index >= 15 is 0 Å². The first kappa shape index (κ1) is 20.5. The maximum atomic E-state index is 11.6. The van der Waals surface area contributed by atoms with Gasteiger partial charge >= 0.3 is 5.97 Å². The standard InChI is InChI=1S/C19H32O3/c1-5-8-12-18(7-3)16-22-19(20)13-10-9-11-14-21-15-17(4)6-2/h9-10,13-14,17-18H,5-8,12,15-16H2,1-4H3. The van der Waals surface area contributed by atoms with E-state index in [-0.39, 0.29) is 5.97 Å². The summed E-state index contributed by atoms with van der Waals surface area (Å²) in [7, 11) is 0. The van der Waals surface area contributed by atoms with Crippen LogP contribution in [0.2, 0.25) is 0 Å². The van der Waals surface area contributed by atoms with Gasteiger partial charge < -0.3 is 9.47 Å². The third kappa shape index (κ3) is 12.3. The molecule has 0 aromatic heterocycles. The number of rotatable bonds is 12. The Morgan fingerprint density at radius 1 is 1.18 bits per heavy atom. The summed E-state index contributed by atoms with van der Waals surface area (Å²) in [5.74, 6) is 0.720. The third-order valence-electron chi connectivity index (χ3n) is 3.66. The zero-order valence-corrected chi connectivity index (χ0v) is 14.6. The number of hydrogen-bond donors (Lipinski definition) is 0. The minimum absolute atomic E-state index is 0.298. The molecule has 0 spiro atoms. The van der Waals surface area contributed by atoms with Gasteiger partial charge in [-0.1, -0.05) is 59.1 Å². The fraction of sp³-hybridized carbons (Fsp3) is 0.684. The van der Waals surface area contributed by atoms with Crippen molar-refractivity contribution in [3.05, 3.63) is 30.2 Å². The van der Waals surface area contributed by atoms with Crippen LogP contribution in [0.4, 0.5) is 0 Å².